The van der Waals surface area contributed by atoms with Crippen LogP contribution in [0.25, 0.3) is 0 Å². The van der Waals surface area contributed by atoms with Gasteiger partial charge < -0.3 is 9.47 Å². The molecule has 20 heavy (non-hydrogen) atoms. The minimum absolute atomic E-state index is 0.239. The lowest BCUT2D eigenvalue weighted by atomic mass is 10.0. The van der Waals surface area contributed by atoms with Crippen molar-refractivity contribution in [3.63, 3.8) is 0 Å². The lowest BCUT2D eigenvalue weighted by Gasteiger charge is -2.19. The fraction of sp³-hybridized carbons (Fsp3) is 0.385. The Morgan fingerprint density at radius 1 is 1.25 bits per heavy atom. The molecule has 0 N–H and O–H groups in total. The van der Waals surface area contributed by atoms with Gasteiger partial charge in [0, 0.05) is 31.3 Å². The van der Waals surface area contributed by atoms with Gasteiger partial charge in [0.15, 0.2) is 6.10 Å². The molecule has 1 aromatic rings. The second kappa shape index (κ2) is 6.65. The third-order valence-corrected chi connectivity index (χ3v) is 2.51. The molecule has 0 saturated heterocycles. The average Bonchev–Trinajstić information content (AvgIpc) is 2.34. The summed E-state index contributed by atoms with van der Waals surface area (Å²) in [7, 11) is 0. The lowest BCUT2D eigenvalue weighted by Crippen LogP contribution is -2.27. The molecular weight excluding hydrogens is 266 g/mol. The number of nitrogens with zero attached hydrogens (tertiary/aromatic N) is 1. The summed E-state index contributed by atoms with van der Waals surface area (Å²) in [5.74, 6) is -0.891. The van der Waals surface area contributed by atoms with Gasteiger partial charge in [-0.1, -0.05) is 12.1 Å². The standard InChI is InChI=1S/C13H15NO6/c1-8(14(17)18)13(20-10(3)16)11-5-4-6-12(7-11)19-9(2)15/h4-8,13H,1-3H3/t8-,13-/m1/s1. The molecule has 0 unspecified atom stereocenters. The first-order valence-corrected chi connectivity index (χ1v) is 5.90. The van der Waals surface area contributed by atoms with Crippen LogP contribution in [0.3, 0.4) is 0 Å². The molecule has 7 nitrogen and oxygen atoms in total. The van der Waals surface area contributed by atoms with E-state index in [9.17, 15) is 19.7 Å². The van der Waals surface area contributed by atoms with Crippen molar-refractivity contribution in [2.75, 3.05) is 0 Å². The summed E-state index contributed by atoms with van der Waals surface area (Å²) in [4.78, 5) is 32.3. The molecule has 2 atom stereocenters. The quantitative estimate of drug-likeness (QED) is 0.354. The zero-order chi connectivity index (χ0) is 15.3. The van der Waals surface area contributed by atoms with E-state index in [1.54, 1.807) is 12.1 Å². The minimum Gasteiger partial charge on any atom is -0.450 e. The van der Waals surface area contributed by atoms with Gasteiger partial charge in [0.1, 0.15) is 5.75 Å². The maximum absolute atomic E-state index is 11.1. The molecule has 0 radical (unpaired) electrons. The summed E-state index contributed by atoms with van der Waals surface area (Å²) in [6, 6.07) is 4.99. The highest BCUT2D eigenvalue weighted by atomic mass is 16.6. The number of ether oxygens (including phenoxy) is 2. The van der Waals surface area contributed by atoms with Crippen LogP contribution < -0.4 is 4.74 Å². The van der Waals surface area contributed by atoms with Gasteiger partial charge in [0.2, 0.25) is 0 Å². The van der Waals surface area contributed by atoms with E-state index >= 15 is 0 Å². The van der Waals surface area contributed by atoms with Gasteiger partial charge in [-0.2, -0.15) is 0 Å². The maximum Gasteiger partial charge on any atom is 0.308 e. The highest BCUT2D eigenvalue weighted by Crippen LogP contribution is 2.26. The summed E-state index contributed by atoms with van der Waals surface area (Å²) in [6.07, 6.45) is -1.04. The van der Waals surface area contributed by atoms with Crippen LogP contribution in [-0.4, -0.2) is 22.9 Å². The molecule has 1 aromatic carbocycles. The summed E-state index contributed by atoms with van der Waals surface area (Å²) in [5, 5.41) is 10.9. The van der Waals surface area contributed by atoms with Gasteiger partial charge in [0.05, 0.1) is 0 Å². The second-order valence-electron chi connectivity index (χ2n) is 4.22. The Hall–Kier alpha value is -2.44. The fourth-order valence-electron chi connectivity index (χ4n) is 1.66. The van der Waals surface area contributed by atoms with Crippen LogP contribution in [0.2, 0.25) is 0 Å². The van der Waals surface area contributed by atoms with Gasteiger partial charge in [-0.25, -0.2) is 0 Å². The van der Waals surface area contributed by atoms with Crippen LogP contribution in [0, 0.1) is 10.1 Å². The van der Waals surface area contributed by atoms with E-state index in [1.807, 2.05) is 0 Å². The number of benzene rings is 1. The Balaban J connectivity index is 3.09. The Morgan fingerprint density at radius 3 is 2.40 bits per heavy atom. The van der Waals surface area contributed by atoms with E-state index in [2.05, 4.69) is 0 Å². The van der Waals surface area contributed by atoms with Crippen molar-refractivity contribution >= 4 is 11.9 Å². The van der Waals surface area contributed by atoms with Gasteiger partial charge in [-0.15, -0.1) is 0 Å². The third kappa shape index (κ3) is 4.34. The summed E-state index contributed by atoms with van der Waals surface area (Å²) in [5.41, 5.74) is 0.392. The smallest absolute Gasteiger partial charge is 0.308 e. The molecule has 0 heterocycles. The van der Waals surface area contributed by atoms with Crippen molar-refractivity contribution in [1.29, 1.82) is 0 Å². The van der Waals surface area contributed by atoms with Crippen LogP contribution >= 0.6 is 0 Å². The normalized spacial score (nSPS) is 13.2. The van der Waals surface area contributed by atoms with Gasteiger partial charge in [-0.3, -0.25) is 19.7 Å². The van der Waals surface area contributed by atoms with Crippen LogP contribution in [0.4, 0.5) is 0 Å². The highest BCUT2D eigenvalue weighted by molar-refractivity contribution is 5.69. The van der Waals surface area contributed by atoms with Crippen LogP contribution in [-0.2, 0) is 14.3 Å². The van der Waals surface area contributed by atoms with Crippen molar-refractivity contribution in [1.82, 2.24) is 0 Å². The molecule has 0 amide bonds. The number of carbonyl (C=O) groups excluding carboxylic acids is 2. The molecule has 0 aliphatic carbocycles. The topological polar surface area (TPSA) is 95.7 Å². The lowest BCUT2D eigenvalue weighted by molar-refractivity contribution is -0.530. The summed E-state index contributed by atoms with van der Waals surface area (Å²) >= 11 is 0. The molecule has 0 aromatic heterocycles. The predicted molar refractivity (Wildman–Crippen MR) is 68.7 cm³/mol. The number of hydrogen-bond donors (Lipinski definition) is 0. The number of nitro groups is 1. The van der Waals surface area contributed by atoms with Gasteiger partial charge >= 0.3 is 11.9 Å². The monoisotopic (exact) mass is 281 g/mol. The molecule has 0 fully saturated rings. The molecule has 0 aliphatic heterocycles. The second-order valence-corrected chi connectivity index (χ2v) is 4.22. The van der Waals surface area contributed by atoms with Crippen LogP contribution in [0.1, 0.15) is 32.4 Å². The van der Waals surface area contributed by atoms with Crippen LogP contribution in [0.15, 0.2) is 24.3 Å². The van der Waals surface area contributed by atoms with E-state index in [4.69, 9.17) is 9.47 Å². The zero-order valence-electron chi connectivity index (χ0n) is 11.4. The number of carbonyl (C=O) groups is 2. The predicted octanol–water partition coefficient (Wildman–Crippen LogP) is 1.88. The fourth-order valence-corrected chi connectivity index (χ4v) is 1.66. The molecule has 0 bridgehead atoms. The van der Waals surface area contributed by atoms with E-state index in [-0.39, 0.29) is 5.75 Å². The molecule has 0 spiro atoms. The SMILES string of the molecule is CC(=O)Oc1cccc([C@H](OC(C)=O)[C@@H](C)[N+](=O)[O-])c1. The molecule has 0 saturated carbocycles. The molecular formula is C13H15NO6. The largest absolute Gasteiger partial charge is 0.450 e. The molecule has 108 valence electrons. The number of esters is 2. The van der Waals surface area contributed by atoms with Gasteiger partial charge in [0.25, 0.3) is 6.04 Å². The van der Waals surface area contributed by atoms with E-state index in [0.717, 1.165) is 0 Å². The molecule has 7 heteroatoms. The number of hydrogen-bond acceptors (Lipinski definition) is 6. The number of rotatable bonds is 5. The average molecular weight is 281 g/mol. The minimum atomic E-state index is -1.12. The van der Waals surface area contributed by atoms with E-state index in [1.165, 1.54) is 32.9 Å². The van der Waals surface area contributed by atoms with E-state index < -0.39 is 29.0 Å². The highest BCUT2D eigenvalue weighted by Gasteiger charge is 2.31. The molecule has 0 aliphatic rings. The summed E-state index contributed by atoms with van der Waals surface area (Å²) < 4.78 is 9.90. The van der Waals surface area contributed by atoms with E-state index in [0.29, 0.717) is 5.56 Å². The first-order chi connectivity index (χ1) is 9.31. The van der Waals surface area contributed by atoms with Crippen molar-refractivity contribution in [3.8, 4) is 5.75 Å². The summed E-state index contributed by atoms with van der Waals surface area (Å²) in [6.45, 7) is 3.76. The Kier molecular flexibility index (Phi) is 5.19. The first-order valence-electron chi connectivity index (χ1n) is 5.90. The zero-order valence-corrected chi connectivity index (χ0v) is 11.4. The van der Waals surface area contributed by atoms with Crippen molar-refractivity contribution in [3.05, 3.63) is 39.9 Å². The Morgan fingerprint density at radius 2 is 1.90 bits per heavy atom. The first kappa shape index (κ1) is 15.6. The van der Waals surface area contributed by atoms with Crippen LogP contribution in [0.5, 0.6) is 5.75 Å². The van der Waals surface area contributed by atoms with Crippen molar-refractivity contribution in [2.45, 2.75) is 32.9 Å². The maximum atomic E-state index is 11.1. The van der Waals surface area contributed by atoms with Crippen molar-refractivity contribution < 1.29 is 24.0 Å². The molecule has 1 rings (SSSR count). The van der Waals surface area contributed by atoms with Gasteiger partial charge in [-0.05, 0) is 12.1 Å². The Bertz CT molecular complexity index is 527. The Labute approximate surface area is 115 Å². The van der Waals surface area contributed by atoms with Crippen molar-refractivity contribution in [2.24, 2.45) is 0 Å². The third-order valence-electron chi connectivity index (χ3n) is 2.51.